The van der Waals surface area contributed by atoms with Gasteiger partial charge in [-0.1, -0.05) is 0 Å². The number of nitrogen functional groups attached to an aromatic ring is 1. The van der Waals surface area contributed by atoms with Gasteiger partial charge in [-0.15, -0.1) is 11.3 Å². The number of ether oxygens (including phenoxy) is 1. The van der Waals surface area contributed by atoms with E-state index < -0.39 is 0 Å². The number of hydrogen-bond donors (Lipinski definition) is 4. The van der Waals surface area contributed by atoms with E-state index in [4.69, 9.17) is 15.9 Å². The Balaban J connectivity index is 1.71. The lowest BCUT2D eigenvalue weighted by atomic mass is 10.0. The molecule has 0 atom stereocenters. The highest BCUT2D eigenvalue weighted by Gasteiger charge is 2.12. The molecule has 2 aromatic heterocycles. The Kier molecular flexibility index (Phi) is 6.33. The van der Waals surface area contributed by atoms with Crippen molar-refractivity contribution in [3.05, 3.63) is 57.5 Å². The highest BCUT2D eigenvalue weighted by atomic mass is 32.1. The monoisotopic (exact) mass is 411 g/mol. The van der Waals surface area contributed by atoms with Gasteiger partial charge in [0.15, 0.2) is 0 Å². The zero-order chi connectivity index (χ0) is 21.0. The minimum absolute atomic E-state index is 0.0409. The normalized spacial score (nSPS) is 10.9. The standard InChI is InChI=1S/C21H25N5O2S/c1-12(2)28-15-4-5-17(22)16(11-15)20(23)14-6-8-24-19(10-14)25-9-7-18-21(27)26-13(3)29-18/h4-6,8,10-12,23,27H,7,9,22H2,1-3H3,(H,24,25). The van der Waals surface area contributed by atoms with Crippen LogP contribution in [0.2, 0.25) is 0 Å². The number of aromatic nitrogens is 2. The van der Waals surface area contributed by atoms with Gasteiger partial charge in [-0.25, -0.2) is 9.97 Å². The third-order valence-corrected chi connectivity index (χ3v) is 5.18. The van der Waals surface area contributed by atoms with Crippen molar-refractivity contribution in [1.82, 2.24) is 9.97 Å². The maximum atomic E-state index is 9.78. The van der Waals surface area contributed by atoms with E-state index >= 15 is 0 Å². The first-order chi connectivity index (χ1) is 13.8. The summed E-state index contributed by atoms with van der Waals surface area (Å²) in [6.07, 6.45) is 2.34. The van der Waals surface area contributed by atoms with Gasteiger partial charge in [-0.05, 0) is 51.1 Å². The minimum atomic E-state index is 0.0409. The molecule has 3 aromatic rings. The van der Waals surface area contributed by atoms with Crippen molar-refractivity contribution in [3.63, 3.8) is 0 Å². The summed E-state index contributed by atoms with van der Waals surface area (Å²) in [5.74, 6) is 1.43. The number of thiazole rings is 1. The molecule has 0 fully saturated rings. The second-order valence-electron chi connectivity index (χ2n) is 6.88. The van der Waals surface area contributed by atoms with E-state index in [9.17, 15) is 5.11 Å². The van der Waals surface area contributed by atoms with Crippen LogP contribution < -0.4 is 15.8 Å². The Morgan fingerprint density at radius 1 is 1.31 bits per heavy atom. The van der Waals surface area contributed by atoms with Crippen LogP contribution in [0.1, 0.15) is 34.9 Å². The number of benzene rings is 1. The second kappa shape index (κ2) is 8.91. The van der Waals surface area contributed by atoms with Crippen LogP contribution in [0.3, 0.4) is 0 Å². The number of anilines is 2. The molecule has 0 saturated carbocycles. The first kappa shape index (κ1) is 20.6. The quantitative estimate of drug-likeness (QED) is 0.329. The molecule has 0 aliphatic heterocycles. The van der Waals surface area contributed by atoms with E-state index in [0.717, 1.165) is 9.88 Å². The first-order valence-corrected chi connectivity index (χ1v) is 10.2. The fourth-order valence-corrected chi connectivity index (χ4v) is 3.69. The van der Waals surface area contributed by atoms with Crippen molar-refractivity contribution in [1.29, 1.82) is 5.41 Å². The third-order valence-electron chi connectivity index (χ3n) is 4.16. The Labute approximate surface area is 174 Å². The molecule has 0 bridgehead atoms. The van der Waals surface area contributed by atoms with Crippen LogP contribution in [0.25, 0.3) is 0 Å². The number of nitrogens with two attached hydrogens (primary N) is 1. The maximum Gasteiger partial charge on any atom is 0.225 e. The summed E-state index contributed by atoms with van der Waals surface area (Å²) in [5, 5.41) is 22.5. The van der Waals surface area contributed by atoms with Gasteiger partial charge in [0.1, 0.15) is 11.6 Å². The number of nitrogens with zero attached hydrogens (tertiary/aromatic N) is 2. The van der Waals surface area contributed by atoms with Crippen molar-refractivity contribution < 1.29 is 9.84 Å². The van der Waals surface area contributed by atoms with Gasteiger partial charge in [0.25, 0.3) is 0 Å². The predicted molar refractivity (Wildman–Crippen MR) is 117 cm³/mol. The Morgan fingerprint density at radius 2 is 2.10 bits per heavy atom. The lowest BCUT2D eigenvalue weighted by Gasteiger charge is -2.14. The highest BCUT2D eigenvalue weighted by Crippen LogP contribution is 2.25. The van der Waals surface area contributed by atoms with Crippen LogP contribution in [0.4, 0.5) is 11.5 Å². The molecule has 7 nitrogen and oxygen atoms in total. The molecule has 29 heavy (non-hydrogen) atoms. The summed E-state index contributed by atoms with van der Waals surface area (Å²) >= 11 is 1.48. The molecular formula is C21H25N5O2S. The van der Waals surface area contributed by atoms with Crippen molar-refractivity contribution in [2.24, 2.45) is 0 Å². The zero-order valence-corrected chi connectivity index (χ0v) is 17.5. The lowest BCUT2D eigenvalue weighted by Crippen LogP contribution is -2.10. The highest BCUT2D eigenvalue weighted by molar-refractivity contribution is 7.11. The average molecular weight is 412 g/mol. The minimum Gasteiger partial charge on any atom is -0.492 e. The molecule has 0 saturated heterocycles. The summed E-state index contributed by atoms with van der Waals surface area (Å²) in [7, 11) is 0. The van der Waals surface area contributed by atoms with E-state index in [1.165, 1.54) is 11.3 Å². The van der Waals surface area contributed by atoms with E-state index in [1.54, 1.807) is 24.4 Å². The summed E-state index contributed by atoms with van der Waals surface area (Å²) in [6.45, 7) is 6.37. The van der Waals surface area contributed by atoms with Crippen LogP contribution >= 0.6 is 11.3 Å². The smallest absolute Gasteiger partial charge is 0.225 e. The number of rotatable bonds is 8. The van der Waals surface area contributed by atoms with Gasteiger partial charge < -0.3 is 20.9 Å². The van der Waals surface area contributed by atoms with E-state index in [0.29, 0.717) is 47.1 Å². The van der Waals surface area contributed by atoms with Crippen molar-refractivity contribution >= 4 is 28.6 Å². The van der Waals surface area contributed by atoms with Crippen LogP contribution in [0.5, 0.6) is 11.6 Å². The molecule has 5 N–H and O–H groups in total. The number of pyridine rings is 1. The largest absolute Gasteiger partial charge is 0.492 e. The topological polar surface area (TPSA) is 117 Å². The molecular weight excluding hydrogens is 386 g/mol. The molecule has 0 aliphatic rings. The SMILES string of the molecule is Cc1nc(O)c(CCNc2cc(C(=N)c3cc(OC(C)C)ccc3N)ccn2)s1. The summed E-state index contributed by atoms with van der Waals surface area (Å²) < 4.78 is 5.72. The van der Waals surface area contributed by atoms with E-state index in [-0.39, 0.29) is 12.0 Å². The summed E-state index contributed by atoms with van der Waals surface area (Å²) in [5.41, 5.74) is 8.24. The van der Waals surface area contributed by atoms with Gasteiger partial charge in [-0.3, -0.25) is 5.41 Å². The molecule has 0 aliphatic carbocycles. The number of aromatic hydroxyl groups is 1. The van der Waals surface area contributed by atoms with Gasteiger partial charge in [0.2, 0.25) is 5.88 Å². The van der Waals surface area contributed by atoms with Crippen LogP contribution in [-0.2, 0) is 6.42 Å². The fraction of sp³-hybridized carbons (Fsp3) is 0.286. The zero-order valence-electron chi connectivity index (χ0n) is 16.7. The number of aryl methyl sites for hydroxylation is 1. The molecule has 152 valence electrons. The predicted octanol–water partition coefficient (Wildman–Crippen LogP) is 3.99. The van der Waals surface area contributed by atoms with Crippen molar-refractivity contribution in [3.8, 4) is 11.6 Å². The molecule has 0 amide bonds. The Bertz CT molecular complexity index is 1020. The Hall–Kier alpha value is -3.13. The molecule has 1 aromatic carbocycles. The molecule has 0 radical (unpaired) electrons. The molecule has 8 heteroatoms. The number of hydrogen-bond acceptors (Lipinski definition) is 8. The van der Waals surface area contributed by atoms with Gasteiger partial charge >= 0.3 is 0 Å². The molecule has 3 rings (SSSR count). The molecule has 0 unspecified atom stereocenters. The molecule has 0 spiro atoms. The van der Waals surface area contributed by atoms with E-state index in [2.05, 4.69) is 15.3 Å². The summed E-state index contributed by atoms with van der Waals surface area (Å²) in [6, 6.07) is 8.95. The van der Waals surface area contributed by atoms with Crippen LogP contribution in [-0.4, -0.2) is 33.4 Å². The van der Waals surface area contributed by atoms with Gasteiger partial charge in [-0.2, -0.15) is 0 Å². The maximum absolute atomic E-state index is 9.78. The second-order valence-corrected chi connectivity index (χ2v) is 8.16. The average Bonchev–Trinajstić information content (AvgIpc) is 3.00. The lowest BCUT2D eigenvalue weighted by molar-refractivity contribution is 0.242. The first-order valence-electron chi connectivity index (χ1n) is 9.34. The van der Waals surface area contributed by atoms with Crippen LogP contribution in [0.15, 0.2) is 36.5 Å². The Morgan fingerprint density at radius 3 is 2.79 bits per heavy atom. The van der Waals surface area contributed by atoms with Gasteiger partial charge in [0, 0.05) is 36.0 Å². The van der Waals surface area contributed by atoms with Gasteiger partial charge in [0.05, 0.1) is 21.7 Å². The fourth-order valence-electron chi connectivity index (χ4n) is 2.86. The van der Waals surface area contributed by atoms with Crippen LogP contribution in [0, 0.1) is 12.3 Å². The third kappa shape index (κ3) is 5.23. The van der Waals surface area contributed by atoms with Crippen molar-refractivity contribution in [2.45, 2.75) is 33.3 Å². The molecule has 2 heterocycles. The van der Waals surface area contributed by atoms with E-state index in [1.807, 2.05) is 32.9 Å². The summed E-state index contributed by atoms with van der Waals surface area (Å²) in [4.78, 5) is 9.18. The number of nitrogens with one attached hydrogen (secondary N) is 2. The van der Waals surface area contributed by atoms with Crippen molar-refractivity contribution in [2.75, 3.05) is 17.6 Å².